The first-order valence-corrected chi connectivity index (χ1v) is 11.1. The Kier molecular flexibility index (Phi) is 9.07. The average Bonchev–Trinajstić information content (AvgIpc) is 3.34. The van der Waals surface area contributed by atoms with Crippen LogP contribution in [0.15, 0.2) is 68.7 Å². The van der Waals surface area contributed by atoms with Crippen LogP contribution in [0.2, 0.25) is 0 Å². The first kappa shape index (κ1) is 26.7. The Balaban J connectivity index is 1.68. The summed E-state index contributed by atoms with van der Waals surface area (Å²) in [6.45, 7) is 2.34. The van der Waals surface area contributed by atoms with Crippen molar-refractivity contribution in [2.24, 2.45) is 15.0 Å². The molecule has 1 aliphatic heterocycles. The molecule has 0 aliphatic carbocycles. The minimum atomic E-state index is -4.46. The van der Waals surface area contributed by atoms with Crippen LogP contribution in [0.5, 0.6) is 5.88 Å². The number of hydrogen-bond donors (Lipinski definition) is 2. The zero-order chi connectivity index (χ0) is 26.1. The maximum Gasteiger partial charge on any atom is 0.417 e. The molecule has 0 saturated heterocycles. The normalized spacial score (nSPS) is 14.4. The van der Waals surface area contributed by atoms with Crippen molar-refractivity contribution >= 4 is 23.7 Å². The van der Waals surface area contributed by atoms with Crippen LogP contribution in [0.1, 0.15) is 23.6 Å². The Hall–Kier alpha value is -3.86. The van der Waals surface area contributed by atoms with Crippen molar-refractivity contribution in [2.45, 2.75) is 19.5 Å². The molecule has 0 fully saturated rings. The van der Waals surface area contributed by atoms with Gasteiger partial charge in [-0.15, -0.1) is 0 Å². The van der Waals surface area contributed by atoms with E-state index in [1.54, 1.807) is 13.3 Å². The summed E-state index contributed by atoms with van der Waals surface area (Å²) in [5.41, 5.74) is 2.94. The molecule has 1 aromatic heterocycles. The lowest BCUT2D eigenvalue weighted by molar-refractivity contribution is -0.137. The SMILES string of the molecule is CN=C/C(C1=NC(c2ccc(CC(=O)NCCO)cc2)=NC1)=C(\C)COc1ccc(C(F)(F)F)cn1. The number of halogens is 3. The van der Waals surface area contributed by atoms with E-state index in [0.29, 0.717) is 18.1 Å². The third-order valence-electron chi connectivity index (χ3n) is 5.16. The Labute approximate surface area is 206 Å². The summed E-state index contributed by atoms with van der Waals surface area (Å²) in [7, 11) is 1.62. The van der Waals surface area contributed by atoms with Gasteiger partial charge >= 0.3 is 6.18 Å². The largest absolute Gasteiger partial charge is 0.473 e. The molecule has 1 amide bonds. The number of ether oxygens (including phenoxy) is 1. The van der Waals surface area contributed by atoms with Crippen LogP contribution in [0.4, 0.5) is 13.2 Å². The Morgan fingerprint density at radius 2 is 1.97 bits per heavy atom. The minimum Gasteiger partial charge on any atom is -0.473 e. The van der Waals surface area contributed by atoms with Crippen molar-refractivity contribution < 1.29 is 27.8 Å². The molecule has 0 atom stereocenters. The van der Waals surface area contributed by atoms with Gasteiger partial charge in [0, 0.05) is 43.2 Å². The van der Waals surface area contributed by atoms with E-state index in [9.17, 15) is 18.0 Å². The summed E-state index contributed by atoms with van der Waals surface area (Å²) < 4.78 is 43.7. The number of aliphatic hydroxyl groups is 1. The predicted octanol–water partition coefficient (Wildman–Crippen LogP) is 3.05. The van der Waals surface area contributed by atoms with Crippen molar-refractivity contribution in [1.82, 2.24) is 10.3 Å². The van der Waals surface area contributed by atoms with E-state index in [1.165, 1.54) is 6.07 Å². The van der Waals surface area contributed by atoms with Gasteiger partial charge in [-0.2, -0.15) is 13.2 Å². The zero-order valence-corrected chi connectivity index (χ0v) is 19.8. The molecule has 11 heteroatoms. The second-order valence-corrected chi connectivity index (χ2v) is 7.90. The monoisotopic (exact) mass is 501 g/mol. The molecule has 2 heterocycles. The van der Waals surface area contributed by atoms with Crippen molar-refractivity contribution in [3.8, 4) is 5.88 Å². The van der Waals surface area contributed by atoms with Crippen molar-refractivity contribution in [3.63, 3.8) is 0 Å². The molecule has 3 rings (SSSR count). The molecule has 0 unspecified atom stereocenters. The fourth-order valence-corrected chi connectivity index (χ4v) is 3.32. The minimum absolute atomic E-state index is 0.0746. The molecule has 1 aromatic carbocycles. The van der Waals surface area contributed by atoms with Crippen LogP contribution in [0, 0.1) is 0 Å². The second-order valence-electron chi connectivity index (χ2n) is 7.90. The highest BCUT2D eigenvalue weighted by atomic mass is 19.4. The lowest BCUT2D eigenvalue weighted by Crippen LogP contribution is -2.27. The van der Waals surface area contributed by atoms with Crippen molar-refractivity contribution in [2.75, 3.05) is 33.4 Å². The summed E-state index contributed by atoms with van der Waals surface area (Å²) in [4.78, 5) is 28.8. The number of nitrogens with one attached hydrogen (secondary N) is 1. The number of benzene rings is 1. The number of alkyl halides is 3. The van der Waals surface area contributed by atoms with Gasteiger partial charge in [-0.1, -0.05) is 24.3 Å². The predicted molar refractivity (Wildman–Crippen MR) is 131 cm³/mol. The van der Waals surface area contributed by atoms with Gasteiger partial charge in [-0.25, -0.2) is 9.98 Å². The van der Waals surface area contributed by atoms with E-state index in [2.05, 4.69) is 25.3 Å². The first-order valence-electron chi connectivity index (χ1n) is 11.1. The van der Waals surface area contributed by atoms with Crippen LogP contribution in [0.25, 0.3) is 0 Å². The fraction of sp³-hybridized carbons (Fsp3) is 0.320. The fourth-order valence-electron chi connectivity index (χ4n) is 3.32. The number of nitrogens with zero attached hydrogens (tertiary/aromatic N) is 4. The number of rotatable bonds is 10. The maximum absolute atomic E-state index is 12.7. The number of aliphatic hydroxyl groups excluding tert-OH is 1. The van der Waals surface area contributed by atoms with E-state index < -0.39 is 11.7 Å². The molecule has 1 aliphatic rings. The van der Waals surface area contributed by atoms with Gasteiger partial charge in [0.25, 0.3) is 0 Å². The zero-order valence-electron chi connectivity index (χ0n) is 19.8. The van der Waals surface area contributed by atoms with Crippen molar-refractivity contribution in [3.05, 3.63) is 70.4 Å². The lowest BCUT2D eigenvalue weighted by atomic mass is 10.1. The molecule has 8 nitrogen and oxygen atoms in total. The highest BCUT2D eigenvalue weighted by Gasteiger charge is 2.30. The van der Waals surface area contributed by atoms with Crippen LogP contribution >= 0.6 is 0 Å². The molecule has 190 valence electrons. The van der Waals surface area contributed by atoms with Gasteiger partial charge in [-0.3, -0.25) is 14.8 Å². The van der Waals surface area contributed by atoms with Crippen LogP contribution in [0.3, 0.4) is 0 Å². The Morgan fingerprint density at radius 1 is 1.22 bits per heavy atom. The second kappa shape index (κ2) is 12.2. The van der Waals surface area contributed by atoms with Crippen molar-refractivity contribution in [1.29, 1.82) is 0 Å². The van der Waals surface area contributed by atoms with Gasteiger partial charge < -0.3 is 15.2 Å². The van der Waals surface area contributed by atoms with Crippen LogP contribution in [-0.2, 0) is 17.4 Å². The summed E-state index contributed by atoms with van der Waals surface area (Å²) in [5, 5.41) is 11.4. The van der Waals surface area contributed by atoms with Crippen LogP contribution < -0.4 is 10.1 Å². The van der Waals surface area contributed by atoms with Gasteiger partial charge in [-0.05, 0) is 24.1 Å². The molecule has 2 aromatic rings. The van der Waals surface area contributed by atoms with E-state index in [0.717, 1.165) is 34.5 Å². The summed E-state index contributed by atoms with van der Waals surface area (Å²) in [5.74, 6) is 0.445. The maximum atomic E-state index is 12.7. The molecule has 0 radical (unpaired) electrons. The molecular weight excluding hydrogens is 475 g/mol. The molecular formula is C25H26F3N5O3. The smallest absolute Gasteiger partial charge is 0.417 e. The topological polar surface area (TPSA) is 109 Å². The third kappa shape index (κ3) is 7.32. The van der Waals surface area contributed by atoms with Gasteiger partial charge in [0.15, 0.2) is 5.84 Å². The number of carbonyl (C=O) groups is 1. The third-order valence-corrected chi connectivity index (χ3v) is 5.16. The number of carbonyl (C=O) groups excluding carboxylic acids is 1. The first-order chi connectivity index (χ1) is 17.2. The number of amides is 1. The standard InChI is InChI=1S/C25H26F3N5O3/c1-16(15-36-23-8-7-19(12-31-23)25(26,27)28)20(13-29-2)21-14-32-24(33-21)18-5-3-17(4-6-18)11-22(35)30-9-10-34/h3-8,12-13,34H,9-11,14-15H2,1-2H3,(H,30,35)/b20-16-,29-13?. The van der Waals surface area contributed by atoms with Crippen LogP contribution in [-0.4, -0.2) is 67.1 Å². The summed E-state index contributed by atoms with van der Waals surface area (Å²) >= 11 is 0. The highest BCUT2D eigenvalue weighted by Crippen LogP contribution is 2.29. The van der Waals surface area contributed by atoms with Gasteiger partial charge in [0.2, 0.25) is 11.8 Å². The number of aromatic nitrogens is 1. The Bertz CT molecular complexity index is 1180. The van der Waals surface area contributed by atoms with Gasteiger partial charge in [0.1, 0.15) is 6.61 Å². The lowest BCUT2D eigenvalue weighted by Gasteiger charge is -2.11. The van der Waals surface area contributed by atoms with E-state index in [4.69, 9.17) is 9.84 Å². The van der Waals surface area contributed by atoms with E-state index >= 15 is 0 Å². The quantitative estimate of drug-likeness (QED) is 0.488. The molecule has 0 saturated carbocycles. The number of hydrogen-bond acceptors (Lipinski definition) is 7. The Morgan fingerprint density at radius 3 is 2.58 bits per heavy atom. The number of aliphatic imine (C=N–C) groups is 3. The molecule has 2 N–H and O–H groups in total. The molecule has 36 heavy (non-hydrogen) atoms. The summed E-state index contributed by atoms with van der Waals surface area (Å²) in [6, 6.07) is 9.42. The molecule has 0 spiro atoms. The van der Waals surface area contributed by atoms with E-state index in [1.807, 2.05) is 31.2 Å². The summed E-state index contributed by atoms with van der Waals surface area (Å²) in [6.07, 6.45) is -1.88. The number of amidine groups is 1. The van der Waals surface area contributed by atoms with Gasteiger partial charge in [0.05, 0.1) is 30.8 Å². The molecule has 0 bridgehead atoms. The highest BCUT2D eigenvalue weighted by molar-refractivity contribution is 6.25. The van der Waals surface area contributed by atoms with E-state index in [-0.39, 0.29) is 38.0 Å². The average molecular weight is 502 g/mol. The number of pyridine rings is 1.